The molecule has 0 aromatic heterocycles. The van der Waals surface area contributed by atoms with Crippen LogP contribution in [0.3, 0.4) is 0 Å². The molecule has 44 heavy (non-hydrogen) atoms. The molecule has 0 aliphatic carbocycles. The van der Waals surface area contributed by atoms with Crippen LogP contribution in [-0.4, -0.2) is 53.1 Å². The Labute approximate surface area is 270 Å². The molecule has 3 unspecified atom stereocenters. The third kappa shape index (κ3) is 29.2. The lowest BCUT2D eigenvalue weighted by Crippen LogP contribution is -2.50. The molecule has 0 saturated heterocycles. The first-order chi connectivity index (χ1) is 21.2. The number of allylic oxidation sites excluding steroid dienone is 5. The van der Waals surface area contributed by atoms with Crippen molar-refractivity contribution < 1.29 is 28.0 Å². The van der Waals surface area contributed by atoms with Crippen molar-refractivity contribution in [3.63, 3.8) is 0 Å². The van der Waals surface area contributed by atoms with Crippen molar-refractivity contribution >= 4 is 16.0 Å². The number of carbonyl (C=O) groups excluding carboxylic acids is 1. The Bertz CT molecular complexity index is 855. The van der Waals surface area contributed by atoms with Crippen molar-refractivity contribution in [1.29, 1.82) is 0 Å². The van der Waals surface area contributed by atoms with Gasteiger partial charge in [0.2, 0.25) is 5.91 Å². The molecular weight excluding hydrogens is 574 g/mol. The van der Waals surface area contributed by atoms with Gasteiger partial charge in [-0.25, -0.2) is 0 Å². The van der Waals surface area contributed by atoms with Crippen molar-refractivity contribution in [1.82, 2.24) is 5.32 Å². The van der Waals surface area contributed by atoms with Crippen LogP contribution in [0.15, 0.2) is 36.5 Å². The van der Waals surface area contributed by atoms with E-state index >= 15 is 0 Å². The average Bonchev–Trinajstić information content (AvgIpc) is 2.98. The number of nitrogens with one attached hydrogen (secondary N) is 1. The second-order valence-electron chi connectivity index (χ2n) is 12.3. The Balaban J connectivity index is 4.19. The highest BCUT2D eigenvalue weighted by molar-refractivity contribution is 7.85. The van der Waals surface area contributed by atoms with E-state index < -0.39 is 40.0 Å². The van der Waals surface area contributed by atoms with Crippen LogP contribution in [0.1, 0.15) is 162 Å². The fourth-order valence-corrected chi connectivity index (χ4v) is 5.89. The van der Waals surface area contributed by atoms with Crippen molar-refractivity contribution in [2.75, 3.05) is 5.75 Å². The largest absolute Gasteiger partial charge is 0.387 e. The van der Waals surface area contributed by atoms with Crippen molar-refractivity contribution in [3.05, 3.63) is 36.5 Å². The Morgan fingerprint density at radius 1 is 0.636 bits per heavy atom. The lowest BCUT2D eigenvalue weighted by molar-refractivity contribution is -0.130. The zero-order chi connectivity index (χ0) is 32.7. The fraction of sp³-hybridized carbons (Fsp3) is 0.806. The number of hydrogen-bond acceptors (Lipinski definition) is 5. The van der Waals surface area contributed by atoms with Gasteiger partial charge in [-0.05, 0) is 44.9 Å². The summed E-state index contributed by atoms with van der Waals surface area (Å²) in [6.07, 6.45) is 34.8. The molecule has 0 aliphatic rings. The topological polar surface area (TPSA) is 124 Å². The van der Waals surface area contributed by atoms with Crippen LogP contribution in [0, 0.1) is 0 Å². The first-order valence-electron chi connectivity index (χ1n) is 17.8. The van der Waals surface area contributed by atoms with Gasteiger partial charge >= 0.3 is 0 Å². The molecule has 3 atom stereocenters. The van der Waals surface area contributed by atoms with Crippen LogP contribution in [0.4, 0.5) is 0 Å². The average molecular weight is 642 g/mol. The summed E-state index contributed by atoms with van der Waals surface area (Å²) in [5, 5.41) is 23.2. The maximum Gasteiger partial charge on any atom is 0.267 e. The smallest absolute Gasteiger partial charge is 0.267 e. The van der Waals surface area contributed by atoms with Gasteiger partial charge in [-0.1, -0.05) is 153 Å². The van der Waals surface area contributed by atoms with Gasteiger partial charge in [0.1, 0.15) is 6.10 Å². The van der Waals surface area contributed by atoms with Crippen molar-refractivity contribution in [2.45, 2.75) is 180 Å². The molecule has 0 aromatic rings. The van der Waals surface area contributed by atoms with Crippen LogP contribution >= 0.6 is 0 Å². The van der Waals surface area contributed by atoms with Gasteiger partial charge < -0.3 is 15.5 Å². The van der Waals surface area contributed by atoms with E-state index in [-0.39, 0.29) is 6.42 Å². The third-order valence-corrected chi connectivity index (χ3v) is 8.73. The van der Waals surface area contributed by atoms with Crippen LogP contribution in [0.5, 0.6) is 0 Å². The Morgan fingerprint density at radius 2 is 1.05 bits per heavy atom. The minimum Gasteiger partial charge on any atom is -0.387 e. The van der Waals surface area contributed by atoms with Gasteiger partial charge in [-0.3, -0.25) is 9.35 Å². The monoisotopic (exact) mass is 641 g/mol. The number of hydrogen-bond donors (Lipinski definition) is 4. The highest BCUT2D eigenvalue weighted by Gasteiger charge is 2.27. The second kappa shape index (κ2) is 30.2. The number of amides is 1. The summed E-state index contributed by atoms with van der Waals surface area (Å²) in [5.41, 5.74) is 0. The number of carbonyl (C=O) groups is 1. The summed E-state index contributed by atoms with van der Waals surface area (Å²) in [7, 11) is -4.44. The lowest BCUT2D eigenvalue weighted by atomic mass is 10.0. The van der Waals surface area contributed by atoms with E-state index in [1.54, 1.807) is 6.08 Å². The molecule has 7 nitrogen and oxygen atoms in total. The number of rotatable bonds is 31. The Hall–Kier alpha value is -1.48. The Morgan fingerprint density at radius 3 is 1.55 bits per heavy atom. The summed E-state index contributed by atoms with van der Waals surface area (Å²) < 4.78 is 32.3. The molecule has 1 amide bonds. The van der Waals surface area contributed by atoms with Crippen LogP contribution in [0.2, 0.25) is 0 Å². The van der Waals surface area contributed by atoms with E-state index in [9.17, 15) is 28.0 Å². The van der Waals surface area contributed by atoms with Crippen LogP contribution < -0.4 is 5.32 Å². The minimum absolute atomic E-state index is 0.262. The minimum atomic E-state index is -4.44. The second-order valence-corrected chi connectivity index (χ2v) is 13.8. The molecule has 0 bridgehead atoms. The summed E-state index contributed by atoms with van der Waals surface area (Å²) in [4.78, 5) is 12.5. The van der Waals surface area contributed by atoms with E-state index in [4.69, 9.17) is 0 Å². The summed E-state index contributed by atoms with van der Waals surface area (Å²) in [6.45, 7) is 4.44. The van der Waals surface area contributed by atoms with Crippen molar-refractivity contribution in [2.24, 2.45) is 0 Å². The van der Waals surface area contributed by atoms with Gasteiger partial charge in [-0.2, -0.15) is 8.42 Å². The predicted molar refractivity (Wildman–Crippen MR) is 185 cm³/mol. The van der Waals surface area contributed by atoms with Gasteiger partial charge in [-0.15, -0.1) is 0 Å². The first-order valence-corrected chi connectivity index (χ1v) is 19.4. The highest BCUT2D eigenvalue weighted by atomic mass is 32.2. The molecule has 0 rings (SSSR count). The zero-order valence-corrected chi connectivity index (χ0v) is 29.0. The van der Waals surface area contributed by atoms with E-state index in [0.29, 0.717) is 6.42 Å². The number of aliphatic hydroxyl groups is 2. The Kier molecular flexibility index (Phi) is 29.2. The summed E-state index contributed by atoms with van der Waals surface area (Å²) in [5.74, 6) is -1.55. The maximum atomic E-state index is 12.5. The molecule has 8 heteroatoms. The summed E-state index contributed by atoms with van der Waals surface area (Å²) in [6, 6.07) is -1.24. The van der Waals surface area contributed by atoms with Gasteiger partial charge in [0.15, 0.2) is 0 Å². The SMILES string of the molecule is CCCCC/C=C\C=C/CCCCCCCC(O)C(=O)NC(CS(=O)(=O)O)C(O)/C=C/CCCCCCCCCCCCC. The molecule has 258 valence electrons. The van der Waals surface area contributed by atoms with Crippen LogP contribution in [-0.2, 0) is 14.9 Å². The van der Waals surface area contributed by atoms with Crippen molar-refractivity contribution in [3.8, 4) is 0 Å². The highest BCUT2D eigenvalue weighted by Crippen LogP contribution is 2.13. The molecule has 0 heterocycles. The van der Waals surface area contributed by atoms with Gasteiger partial charge in [0, 0.05) is 0 Å². The third-order valence-electron chi connectivity index (χ3n) is 7.95. The van der Waals surface area contributed by atoms with E-state index in [2.05, 4.69) is 43.5 Å². The standard InChI is InChI=1S/C36H67NO6S/c1-3-5-7-9-11-13-15-17-19-21-23-25-27-29-31-35(39)36(40)37-33(32-44(41,42)43)34(38)30-28-26-24-22-20-18-16-14-12-10-8-6-4-2/h11,13,15,17,28,30,33-35,38-39H,3-10,12,14,16,18-27,29,31-32H2,1-2H3,(H,37,40)(H,41,42,43)/b13-11-,17-15-,30-28+. The van der Waals surface area contributed by atoms with E-state index in [1.807, 2.05) is 0 Å². The molecule has 0 saturated carbocycles. The van der Waals surface area contributed by atoms with E-state index in [0.717, 1.165) is 57.8 Å². The van der Waals surface area contributed by atoms with Crippen LogP contribution in [0.25, 0.3) is 0 Å². The van der Waals surface area contributed by atoms with Gasteiger partial charge in [0.25, 0.3) is 10.1 Å². The molecule has 0 aromatic carbocycles. The molecule has 0 fully saturated rings. The molecule has 0 radical (unpaired) electrons. The van der Waals surface area contributed by atoms with Gasteiger partial charge in [0.05, 0.1) is 17.9 Å². The number of aliphatic hydroxyl groups excluding tert-OH is 2. The summed E-state index contributed by atoms with van der Waals surface area (Å²) >= 11 is 0. The molecular formula is C36H67NO6S. The molecule has 4 N–H and O–H groups in total. The lowest BCUT2D eigenvalue weighted by Gasteiger charge is -2.22. The molecule has 0 spiro atoms. The maximum absolute atomic E-state index is 12.5. The van der Waals surface area contributed by atoms with E-state index in [1.165, 1.54) is 83.1 Å². The zero-order valence-electron chi connectivity index (χ0n) is 28.1. The fourth-order valence-electron chi connectivity index (χ4n) is 5.15. The first kappa shape index (κ1) is 42.5. The molecule has 0 aliphatic heterocycles. The number of unbranched alkanes of at least 4 members (excludes halogenated alkanes) is 19. The predicted octanol–water partition coefficient (Wildman–Crippen LogP) is 8.76. The quantitative estimate of drug-likeness (QED) is 0.0260. The normalized spacial score (nSPS) is 14.6.